The molecule has 4 nitrogen and oxygen atoms in total. The molecule has 2 aromatic rings. The number of likely N-dealkylation sites (N-methyl/N-ethyl adjacent to an activating group) is 1. The van der Waals surface area contributed by atoms with Crippen molar-refractivity contribution in [1.29, 1.82) is 0 Å². The van der Waals surface area contributed by atoms with Crippen molar-refractivity contribution in [3.05, 3.63) is 64.9 Å². The minimum atomic E-state index is -0.340. The summed E-state index contributed by atoms with van der Waals surface area (Å²) in [5.41, 5.74) is 1.99. The fourth-order valence-electron chi connectivity index (χ4n) is 2.34. The summed E-state index contributed by atoms with van der Waals surface area (Å²) in [6.45, 7) is 0.573. The molecule has 0 aliphatic carbocycles. The van der Waals surface area contributed by atoms with Gasteiger partial charge in [-0.15, -0.1) is 0 Å². The molecule has 0 spiro atoms. The molecule has 2 rings (SSSR count). The molecule has 0 radical (unpaired) electrons. The molecule has 1 aromatic heterocycles. The third kappa shape index (κ3) is 4.55. The van der Waals surface area contributed by atoms with Crippen LogP contribution < -0.4 is 5.32 Å². The lowest BCUT2D eigenvalue weighted by molar-refractivity contribution is -0.125. The van der Waals surface area contributed by atoms with E-state index in [9.17, 15) is 4.79 Å². The SMILES string of the molecule is CN(C)C(C(=O)NCCc1cccc(Cl)c1)c1cccnc1. The minimum absolute atomic E-state index is 0.0278. The highest BCUT2D eigenvalue weighted by Gasteiger charge is 2.22. The zero-order valence-electron chi connectivity index (χ0n) is 12.8. The van der Waals surface area contributed by atoms with E-state index in [-0.39, 0.29) is 11.9 Å². The Balaban J connectivity index is 1.95. The average molecular weight is 318 g/mol. The predicted molar refractivity (Wildman–Crippen MR) is 88.8 cm³/mol. The Bertz CT molecular complexity index is 616. The number of aromatic nitrogens is 1. The molecule has 1 amide bonds. The van der Waals surface area contributed by atoms with Gasteiger partial charge in [0.25, 0.3) is 0 Å². The van der Waals surface area contributed by atoms with Gasteiger partial charge in [-0.1, -0.05) is 29.8 Å². The van der Waals surface area contributed by atoms with Crippen LogP contribution in [0.25, 0.3) is 0 Å². The first-order chi connectivity index (χ1) is 10.6. The van der Waals surface area contributed by atoms with Crippen LogP contribution in [0.5, 0.6) is 0 Å². The maximum atomic E-state index is 12.4. The monoisotopic (exact) mass is 317 g/mol. The Morgan fingerprint density at radius 3 is 2.77 bits per heavy atom. The molecule has 1 unspecified atom stereocenters. The molecule has 116 valence electrons. The first-order valence-corrected chi connectivity index (χ1v) is 7.54. The van der Waals surface area contributed by atoms with Gasteiger partial charge in [-0.25, -0.2) is 0 Å². The molecular formula is C17H20ClN3O. The summed E-state index contributed by atoms with van der Waals surface area (Å²) in [7, 11) is 3.77. The highest BCUT2D eigenvalue weighted by atomic mass is 35.5. The van der Waals surface area contributed by atoms with Crippen LogP contribution in [0.4, 0.5) is 0 Å². The normalized spacial score (nSPS) is 12.2. The van der Waals surface area contributed by atoms with E-state index in [2.05, 4.69) is 10.3 Å². The number of amides is 1. The van der Waals surface area contributed by atoms with Gasteiger partial charge in [0, 0.05) is 24.0 Å². The Morgan fingerprint density at radius 2 is 2.14 bits per heavy atom. The van der Waals surface area contributed by atoms with Gasteiger partial charge in [-0.05, 0) is 49.8 Å². The Hall–Kier alpha value is -1.91. The minimum Gasteiger partial charge on any atom is -0.354 e. The largest absolute Gasteiger partial charge is 0.354 e. The molecule has 1 atom stereocenters. The summed E-state index contributed by atoms with van der Waals surface area (Å²) >= 11 is 5.96. The standard InChI is InChI=1S/C17H20ClN3O/c1-21(2)16(14-6-4-9-19-12-14)17(22)20-10-8-13-5-3-7-15(18)11-13/h3-7,9,11-12,16H,8,10H2,1-2H3,(H,20,22). The molecule has 5 heteroatoms. The van der Waals surface area contributed by atoms with Crippen LogP contribution in [-0.2, 0) is 11.2 Å². The molecule has 1 aromatic carbocycles. The topological polar surface area (TPSA) is 45.2 Å². The quantitative estimate of drug-likeness (QED) is 0.891. The van der Waals surface area contributed by atoms with Crippen molar-refractivity contribution < 1.29 is 4.79 Å². The van der Waals surface area contributed by atoms with Crippen LogP contribution in [0.3, 0.4) is 0 Å². The van der Waals surface area contributed by atoms with Crippen LogP contribution in [0.1, 0.15) is 17.2 Å². The van der Waals surface area contributed by atoms with Crippen molar-refractivity contribution in [2.75, 3.05) is 20.6 Å². The number of hydrogen-bond acceptors (Lipinski definition) is 3. The van der Waals surface area contributed by atoms with E-state index in [0.717, 1.165) is 17.5 Å². The second-order valence-electron chi connectivity index (χ2n) is 5.32. The molecule has 0 aliphatic rings. The van der Waals surface area contributed by atoms with Crippen molar-refractivity contribution in [2.24, 2.45) is 0 Å². The average Bonchev–Trinajstić information content (AvgIpc) is 2.48. The molecule has 0 saturated heterocycles. The van der Waals surface area contributed by atoms with Gasteiger partial charge >= 0.3 is 0 Å². The maximum Gasteiger partial charge on any atom is 0.242 e. The fourth-order valence-corrected chi connectivity index (χ4v) is 2.55. The van der Waals surface area contributed by atoms with Gasteiger partial charge in [0.1, 0.15) is 6.04 Å². The summed E-state index contributed by atoms with van der Waals surface area (Å²) in [6, 6.07) is 11.1. The third-order valence-electron chi connectivity index (χ3n) is 3.37. The van der Waals surface area contributed by atoms with E-state index in [4.69, 9.17) is 11.6 Å². The van der Waals surface area contributed by atoms with Gasteiger partial charge in [0.15, 0.2) is 0 Å². The lowest BCUT2D eigenvalue weighted by atomic mass is 10.1. The van der Waals surface area contributed by atoms with Crippen molar-refractivity contribution in [1.82, 2.24) is 15.2 Å². The van der Waals surface area contributed by atoms with Gasteiger partial charge in [-0.2, -0.15) is 0 Å². The molecule has 0 fully saturated rings. The van der Waals surface area contributed by atoms with Crippen LogP contribution >= 0.6 is 11.6 Å². The van der Waals surface area contributed by atoms with Crippen molar-refractivity contribution in [3.8, 4) is 0 Å². The summed E-state index contributed by atoms with van der Waals surface area (Å²) in [6.07, 6.45) is 4.17. The second-order valence-corrected chi connectivity index (χ2v) is 5.76. The number of carbonyl (C=O) groups excluding carboxylic acids is 1. The first kappa shape index (κ1) is 16.5. The second kappa shape index (κ2) is 7.92. The predicted octanol–water partition coefficient (Wildman–Crippen LogP) is 2.70. The number of pyridine rings is 1. The molecule has 22 heavy (non-hydrogen) atoms. The lowest BCUT2D eigenvalue weighted by Crippen LogP contribution is -2.38. The first-order valence-electron chi connectivity index (χ1n) is 7.16. The Kier molecular flexibility index (Phi) is 5.92. The molecule has 1 N–H and O–H groups in total. The highest BCUT2D eigenvalue weighted by molar-refractivity contribution is 6.30. The van der Waals surface area contributed by atoms with E-state index >= 15 is 0 Å². The van der Waals surface area contributed by atoms with E-state index < -0.39 is 0 Å². The number of hydrogen-bond donors (Lipinski definition) is 1. The van der Waals surface area contributed by atoms with Crippen LogP contribution in [0, 0.1) is 0 Å². The number of benzene rings is 1. The van der Waals surface area contributed by atoms with Crippen molar-refractivity contribution in [2.45, 2.75) is 12.5 Å². The third-order valence-corrected chi connectivity index (χ3v) is 3.60. The molecule has 0 aliphatic heterocycles. The lowest BCUT2D eigenvalue weighted by Gasteiger charge is -2.23. The van der Waals surface area contributed by atoms with Crippen LogP contribution in [0.15, 0.2) is 48.8 Å². The van der Waals surface area contributed by atoms with E-state index in [1.54, 1.807) is 12.4 Å². The van der Waals surface area contributed by atoms with Gasteiger partial charge in [-0.3, -0.25) is 14.7 Å². The smallest absolute Gasteiger partial charge is 0.242 e. The summed E-state index contributed by atoms with van der Waals surface area (Å²) in [4.78, 5) is 18.4. The summed E-state index contributed by atoms with van der Waals surface area (Å²) in [5, 5.41) is 3.69. The van der Waals surface area contributed by atoms with Crippen molar-refractivity contribution >= 4 is 17.5 Å². The fraction of sp³-hybridized carbons (Fsp3) is 0.294. The zero-order valence-corrected chi connectivity index (χ0v) is 13.5. The van der Waals surface area contributed by atoms with Crippen molar-refractivity contribution in [3.63, 3.8) is 0 Å². The molecular weight excluding hydrogens is 298 g/mol. The number of halogens is 1. The number of rotatable bonds is 6. The van der Waals surface area contributed by atoms with Gasteiger partial charge < -0.3 is 5.32 Å². The van der Waals surface area contributed by atoms with Gasteiger partial charge in [0.05, 0.1) is 0 Å². The number of nitrogens with zero attached hydrogens (tertiary/aromatic N) is 2. The van der Waals surface area contributed by atoms with E-state index in [1.807, 2.05) is 55.4 Å². The van der Waals surface area contributed by atoms with E-state index in [1.165, 1.54) is 0 Å². The maximum absolute atomic E-state index is 12.4. The van der Waals surface area contributed by atoms with Crippen LogP contribution in [-0.4, -0.2) is 36.4 Å². The molecule has 0 bridgehead atoms. The summed E-state index contributed by atoms with van der Waals surface area (Å²) in [5.74, 6) is -0.0278. The Morgan fingerprint density at radius 1 is 1.32 bits per heavy atom. The van der Waals surface area contributed by atoms with E-state index in [0.29, 0.717) is 11.6 Å². The van der Waals surface area contributed by atoms with Gasteiger partial charge in [0.2, 0.25) is 5.91 Å². The molecule has 0 saturated carbocycles. The summed E-state index contributed by atoms with van der Waals surface area (Å²) < 4.78 is 0. The molecule has 1 heterocycles. The Labute approximate surface area is 136 Å². The highest BCUT2D eigenvalue weighted by Crippen LogP contribution is 2.17. The number of carbonyl (C=O) groups is 1. The van der Waals surface area contributed by atoms with Crippen LogP contribution in [0.2, 0.25) is 5.02 Å². The number of nitrogens with one attached hydrogen (secondary N) is 1. The zero-order chi connectivity index (χ0) is 15.9.